The van der Waals surface area contributed by atoms with Crippen molar-refractivity contribution in [3.8, 4) is 11.1 Å². The molecule has 0 spiro atoms. The van der Waals surface area contributed by atoms with Crippen molar-refractivity contribution in [2.24, 2.45) is 0 Å². The number of fused-ring (bicyclic) bond motifs is 3. The van der Waals surface area contributed by atoms with Crippen LogP contribution in [0.3, 0.4) is 0 Å². The van der Waals surface area contributed by atoms with Crippen LogP contribution < -0.4 is 10.6 Å². The number of carbonyl (C=O) groups is 3. The van der Waals surface area contributed by atoms with Gasteiger partial charge in [-0.3, -0.25) is 9.59 Å². The molecule has 0 aromatic heterocycles. The molecule has 3 rings (SSSR count). The van der Waals surface area contributed by atoms with E-state index in [1.807, 2.05) is 42.7 Å². The number of hydrogen-bond acceptors (Lipinski definition) is 6. The summed E-state index contributed by atoms with van der Waals surface area (Å²) in [6.07, 6.45) is 0.802. The second-order valence-electron chi connectivity index (χ2n) is 8.22. The smallest absolute Gasteiger partial charge is 0.407 e. The molecule has 2 amide bonds. The Hall–Kier alpha value is -3.04. The Labute approximate surface area is 209 Å². The Morgan fingerprint density at radius 2 is 1.69 bits per heavy atom. The molecular formula is C26H32N2O6S. The van der Waals surface area contributed by atoms with Crippen LogP contribution in [-0.4, -0.2) is 67.0 Å². The van der Waals surface area contributed by atoms with Gasteiger partial charge in [0.2, 0.25) is 5.91 Å². The fourth-order valence-corrected chi connectivity index (χ4v) is 4.72. The van der Waals surface area contributed by atoms with Crippen molar-refractivity contribution < 1.29 is 29.0 Å². The molecule has 2 aromatic carbocycles. The normalized spacial score (nSPS) is 13.9. The number of aliphatic carboxylic acids is 1. The van der Waals surface area contributed by atoms with Crippen LogP contribution in [0.5, 0.6) is 0 Å². The predicted octanol–water partition coefficient (Wildman–Crippen LogP) is 3.64. The van der Waals surface area contributed by atoms with Gasteiger partial charge in [0.05, 0.1) is 12.5 Å². The lowest BCUT2D eigenvalue weighted by Crippen LogP contribution is -2.49. The lowest BCUT2D eigenvalue weighted by Gasteiger charge is -2.21. The number of carboxylic acids is 1. The average Bonchev–Trinajstić information content (AvgIpc) is 3.17. The van der Waals surface area contributed by atoms with E-state index in [1.165, 1.54) is 0 Å². The molecule has 0 heterocycles. The molecule has 2 atom stereocenters. The summed E-state index contributed by atoms with van der Waals surface area (Å²) < 4.78 is 11.0. The zero-order valence-corrected chi connectivity index (χ0v) is 20.8. The molecule has 0 fully saturated rings. The SMILES string of the molecule is CCOC(CNC(=O)[C@H](CCSC)NC(=O)OCC1c2ccccc2-c2ccccc21)CC(=O)O. The van der Waals surface area contributed by atoms with E-state index in [4.69, 9.17) is 14.6 Å². The first-order valence-electron chi connectivity index (χ1n) is 11.7. The van der Waals surface area contributed by atoms with Gasteiger partial charge in [0.1, 0.15) is 12.6 Å². The molecule has 0 bridgehead atoms. The Morgan fingerprint density at radius 3 is 2.26 bits per heavy atom. The first-order chi connectivity index (χ1) is 16.9. The molecule has 188 valence electrons. The maximum Gasteiger partial charge on any atom is 0.407 e. The third-order valence-corrected chi connectivity index (χ3v) is 6.52. The Bertz CT molecular complexity index is 985. The van der Waals surface area contributed by atoms with Gasteiger partial charge < -0.3 is 25.2 Å². The minimum atomic E-state index is -1.01. The zero-order chi connectivity index (χ0) is 25.2. The number of carboxylic acid groups (broad SMARTS) is 1. The predicted molar refractivity (Wildman–Crippen MR) is 136 cm³/mol. The quantitative estimate of drug-likeness (QED) is 0.385. The minimum absolute atomic E-state index is 0.0428. The van der Waals surface area contributed by atoms with E-state index in [-0.39, 0.29) is 25.5 Å². The number of amides is 2. The van der Waals surface area contributed by atoms with Crippen LogP contribution in [-0.2, 0) is 19.1 Å². The average molecular weight is 501 g/mol. The Balaban J connectivity index is 1.59. The molecule has 9 heteroatoms. The van der Waals surface area contributed by atoms with Crippen LogP contribution in [0.1, 0.15) is 36.8 Å². The topological polar surface area (TPSA) is 114 Å². The summed E-state index contributed by atoms with van der Waals surface area (Å²) in [5.41, 5.74) is 4.50. The van der Waals surface area contributed by atoms with Crippen LogP contribution in [0, 0.1) is 0 Å². The van der Waals surface area contributed by atoms with Crippen LogP contribution in [0.2, 0.25) is 0 Å². The van der Waals surface area contributed by atoms with Crippen LogP contribution in [0.15, 0.2) is 48.5 Å². The molecule has 1 aliphatic rings. The number of ether oxygens (including phenoxy) is 2. The van der Waals surface area contributed by atoms with Crippen LogP contribution in [0.25, 0.3) is 11.1 Å². The van der Waals surface area contributed by atoms with E-state index < -0.39 is 30.1 Å². The van der Waals surface area contributed by atoms with Gasteiger partial charge in [0, 0.05) is 19.1 Å². The van der Waals surface area contributed by atoms with E-state index in [1.54, 1.807) is 18.7 Å². The van der Waals surface area contributed by atoms with Crippen molar-refractivity contribution in [1.82, 2.24) is 10.6 Å². The summed E-state index contributed by atoms with van der Waals surface area (Å²) in [5, 5.41) is 14.4. The number of benzene rings is 2. The highest BCUT2D eigenvalue weighted by Gasteiger charge is 2.30. The second-order valence-corrected chi connectivity index (χ2v) is 9.21. The van der Waals surface area contributed by atoms with Crippen molar-refractivity contribution >= 4 is 29.7 Å². The molecule has 0 aliphatic heterocycles. The molecule has 8 nitrogen and oxygen atoms in total. The monoisotopic (exact) mass is 500 g/mol. The number of hydrogen-bond donors (Lipinski definition) is 3. The van der Waals surface area contributed by atoms with Gasteiger partial charge in [-0.1, -0.05) is 48.5 Å². The van der Waals surface area contributed by atoms with Crippen LogP contribution in [0.4, 0.5) is 4.79 Å². The van der Waals surface area contributed by atoms with E-state index in [2.05, 4.69) is 22.8 Å². The Kier molecular flexibility index (Phi) is 9.98. The van der Waals surface area contributed by atoms with Gasteiger partial charge in [0.25, 0.3) is 0 Å². The van der Waals surface area contributed by atoms with Gasteiger partial charge in [0.15, 0.2) is 0 Å². The summed E-state index contributed by atoms with van der Waals surface area (Å²) in [4.78, 5) is 36.5. The van der Waals surface area contributed by atoms with Gasteiger partial charge in [-0.05, 0) is 47.6 Å². The van der Waals surface area contributed by atoms with Gasteiger partial charge >= 0.3 is 12.1 Å². The number of carbonyl (C=O) groups excluding carboxylic acids is 2. The van der Waals surface area contributed by atoms with E-state index in [0.717, 1.165) is 22.3 Å². The van der Waals surface area contributed by atoms with Crippen molar-refractivity contribution in [3.63, 3.8) is 0 Å². The maximum absolute atomic E-state index is 12.8. The fourth-order valence-electron chi connectivity index (χ4n) is 4.24. The molecule has 0 saturated carbocycles. The maximum atomic E-state index is 12.8. The summed E-state index contributed by atoms with van der Waals surface area (Å²) in [6, 6.07) is 15.4. The van der Waals surface area contributed by atoms with Gasteiger partial charge in [-0.15, -0.1) is 0 Å². The molecule has 0 radical (unpaired) electrons. The fraction of sp³-hybridized carbons (Fsp3) is 0.423. The minimum Gasteiger partial charge on any atom is -0.481 e. The van der Waals surface area contributed by atoms with Crippen molar-refractivity contribution in [2.75, 3.05) is 31.8 Å². The van der Waals surface area contributed by atoms with E-state index >= 15 is 0 Å². The first-order valence-corrected chi connectivity index (χ1v) is 13.1. The number of alkyl carbamates (subject to hydrolysis) is 1. The van der Waals surface area contributed by atoms with Gasteiger partial charge in [-0.25, -0.2) is 4.79 Å². The van der Waals surface area contributed by atoms with E-state index in [9.17, 15) is 14.4 Å². The Morgan fingerprint density at radius 1 is 1.06 bits per heavy atom. The highest BCUT2D eigenvalue weighted by Crippen LogP contribution is 2.44. The third-order valence-electron chi connectivity index (χ3n) is 5.87. The lowest BCUT2D eigenvalue weighted by molar-refractivity contribution is -0.140. The highest BCUT2D eigenvalue weighted by atomic mass is 32.2. The first kappa shape index (κ1) is 26.6. The number of nitrogens with one attached hydrogen (secondary N) is 2. The molecule has 2 aromatic rings. The van der Waals surface area contributed by atoms with E-state index in [0.29, 0.717) is 18.8 Å². The second kappa shape index (κ2) is 13.2. The van der Waals surface area contributed by atoms with Crippen molar-refractivity contribution in [3.05, 3.63) is 59.7 Å². The molecular weight excluding hydrogens is 468 g/mol. The van der Waals surface area contributed by atoms with Gasteiger partial charge in [-0.2, -0.15) is 11.8 Å². The molecule has 1 aliphatic carbocycles. The number of rotatable bonds is 13. The van der Waals surface area contributed by atoms with Crippen molar-refractivity contribution in [1.29, 1.82) is 0 Å². The summed E-state index contributed by atoms with van der Waals surface area (Å²) in [7, 11) is 0. The lowest BCUT2D eigenvalue weighted by atomic mass is 9.98. The summed E-state index contributed by atoms with van der Waals surface area (Å²) in [5.74, 6) is -0.822. The highest BCUT2D eigenvalue weighted by molar-refractivity contribution is 7.98. The zero-order valence-electron chi connectivity index (χ0n) is 20.0. The standard InChI is InChI=1S/C26H32N2O6S/c1-3-33-17(14-24(29)30)15-27-25(31)23(12-13-35-2)28-26(32)34-16-22-20-10-6-4-8-18(20)19-9-5-7-11-21(19)22/h4-11,17,22-23H,3,12-16H2,1-2H3,(H,27,31)(H,28,32)(H,29,30)/t17?,23-/m0/s1. The molecule has 0 saturated heterocycles. The summed E-state index contributed by atoms with van der Waals surface area (Å²) in [6.45, 7) is 2.29. The molecule has 3 N–H and O–H groups in total. The molecule has 35 heavy (non-hydrogen) atoms. The summed E-state index contributed by atoms with van der Waals surface area (Å²) >= 11 is 1.56. The largest absolute Gasteiger partial charge is 0.481 e. The third kappa shape index (κ3) is 7.22. The van der Waals surface area contributed by atoms with Crippen molar-refractivity contribution in [2.45, 2.75) is 37.8 Å². The number of thioether (sulfide) groups is 1. The van der Waals surface area contributed by atoms with Crippen LogP contribution >= 0.6 is 11.8 Å². The molecule has 1 unspecified atom stereocenters.